The van der Waals surface area contributed by atoms with Gasteiger partial charge in [-0.2, -0.15) is 4.31 Å². The minimum atomic E-state index is -3.70. The van der Waals surface area contributed by atoms with Crippen molar-refractivity contribution >= 4 is 38.4 Å². The summed E-state index contributed by atoms with van der Waals surface area (Å²) in [7, 11) is -3.70. The molecule has 0 saturated carbocycles. The molecule has 7 nitrogen and oxygen atoms in total. The van der Waals surface area contributed by atoms with Crippen LogP contribution < -0.4 is 10.9 Å². The molecule has 0 bridgehead atoms. The van der Waals surface area contributed by atoms with Gasteiger partial charge in [0.1, 0.15) is 0 Å². The van der Waals surface area contributed by atoms with Gasteiger partial charge in [0.2, 0.25) is 15.6 Å². The first-order valence-corrected chi connectivity index (χ1v) is 12.8. The summed E-state index contributed by atoms with van der Waals surface area (Å²) in [6.07, 6.45) is 2.42. The Bertz CT molecular complexity index is 1340. The molecule has 4 rings (SSSR count). The molecule has 2 heterocycles. The molecule has 1 atom stereocenters. The highest BCUT2D eigenvalue weighted by Crippen LogP contribution is 2.26. The summed E-state index contributed by atoms with van der Waals surface area (Å²) in [5.74, 6) is -0.131. The van der Waals surface area contributed by atoms with Gasteiger partial charge in [-0.25, -0.2) is 8.42 Å². The number of hydrogen-bond donors (Lipinski definition) is 2. The van der Waals surface area contributed by atoms with Crippen LogP contribution in [0.3, 0.4) is 0 Å². The fraction of sp³-hybridized carbons (Fsp3) is 0.333. The van der Waals surface area contributed by atoms with Crippen LogP contribution in [0.15, 0.2) is 58.2 Å². The molecule has 9 heteroatoms. The number of piperidine rings is 1. The van der Waals surface area contributed by atoms with Crippen LogP contribution in [0.4, 0.5) is 0 Å². The molecule has 0 unspecified atom stereocenters. The third kappa shape index (κ3) is 5.29. The molecule has 1 aliphatic rings. The number of aromatic nitrogens is 1. The second kappa shape index (κ2) is 9.67. The van der Waals surface area contributed by atoms with Crippen molar-refractivity contribution in [2.75, 3.05) is 19.6 Å². The number of carbonyl (C=O) groups is 1. The molecule has 174 valence electrons. The highest BCUT2D eigenvalue weighted by molar-refractivity contribution is 7.89. The molecule has 0 spiro atoms. The molecule has 1 aliphatic heterocycles. The topological polar surface area (TPSA) is 99.3 Å². The van der Waals surface area contributed by atoms with Gasteiger partial charge < -0.3 is 10.3 Å². The average molecular weight is 488 g/mol. The lowest BCUT2D eigenvalue weighted by atomic mass is 10.0. The van der Waals surface area contributed by atoms with Crippen LogP contribution >= 0.6 is 11.6 Å². The van der Waals surface area contributed by atoms with Gasteiger partial charge in [0.25, 0.3) is 5.91 Å². The number of fused-ring (bicyclic) bond motifs is 1. The van der Waals surface area contributed by atoms with Crippen molar-refractivity contribution in [1.82, 2.24) is 14.6 Å². The number of aromatic amines is 1. The van der Waals surface area contributed by atoms with Crippen molar-refractivity contribution in [2.24, 2.45) is 5.92 Å². The molecule has 33 heavy (non-hydrogen) atoms. The lowest BCUT2D eigenvalue weighted by Crippen LogP contribution is -2.39. The zero-order valence-electron chi connectivity index (χ0n) is 18.3. The summed E-state index contributed by atoms with van der Waals surface area (Å²) in [6, 6.07) is 13.1. The Balaban J connectivity index is 1.60. The maximum absolute atomic E-state index is 13.2. The lowest BCUT2D eigenvalue weighted by molar-refractivity contribution is 0.0955. The van der Waals surface area contributed by atoms with Gasteiger partial charge in [-0.3, -0.25) is 9.59 Å². The summed E-state index contributed by atoms with van der Waals surface area (Å²) in [5, 5.41) is 3.86. The molecule has 0 aliphatic carbocycles. The number of hydrogen-bond acceptors (Lipinski definition) is 4. The number of nitrogens with zero attached hydrogens (tertiary/aromatic N) is 1. The van der Waals surface area contributed by atoms with E-state index >= 15 is 0 Å². The largest absolute Gasteiger partial charge is 0.352 e. The van der Waals surface area contributed by atoms with Gasteiger partial charge in [-0.05, 0) is 61.1 Å². The molecule has 1 amide bonds. The van der Waals surface area contributed by atoms with Crippen LogP contribution in [-0.2, 0) is 16.4 Å². The Morgan fingerprint density at radius 3 is 2.67 bits per heavy atom. The molecule has 0 radical (unpaired) electrons. The van der Waals surface area contributed by atoms with Crippen molar-refractivity contribution in [2.45, 2.75) is 31.1 Å². The van der Waals surface area contributed by atoms with Crippen LogP contribution in [0, 0.1) is 5.92 Å². The van der Waals surface area contributed by atoms with Crippen molar-refractivity contribution in [3.05, 3.63) is 75.0 Å². The SMILES string of the molecule is C[C@H]1CCCN(S(=O)(=O)c2ccc3[nH]c(=O)cc(C(=O)NCCc4ccc(Cl)cc4)c3c2)C1. The van der Waals surface area contributed by atoms with Gasteiger partial charge in [0.05, 0.1) is 10.5 Å². The fourth-order valence-corrected chi connectivity index (χ4v) is 5.91. The number of nitrogens with one attached hydrogen (secondary N) is 2. The minimum absolute atomic E-state index is 0.117. The maximum Gasteiger partial charge on any atom is 0.252 e. The first-order valence-electron chi connectivity index (χ1n) is 10.9. The number of sulfonamides is 1. The van der Waals surface area contributed by atoms with Gasteiger partial charge in [-0.15, -0.1) is 0 Å². The van der Waals surface area contributed by atoms with Crippen LogP contribution in [-0.4, -0.2) is 43.2 Å². The molecular formula is C24H26ClN3O4S. The van der Waals surface area contributed by atoms with Crippen molar-refractivity contribution in [3.8, 4) is 0 Å². The zero-order chi connectivity index (χ0) is 23.6. The third-order valence-electron chi connectivity index (χ3n) is 5.93. The zero-order valence-corrected chi connectivity index (χ0v) is 19.9. The Hall–Kier alpha value is -2.68. The number of amides is 1. The van der Waals surface area contributed by atoms with E-state index in [1.807, 2.05) is 19.1 Å². The molecule has 2 N–H and O–H groups in total. The quantitative estimate of drug-likeness (QED) is 0.555. The van der Waals surface area contributed by atoms with Gasteiger partial charge in [-0.1, -0.05) is 30.7 Å². The fourth-order valence-electron chi connectivity index (χ4n) is 4.16. The molecule has 1 saturated heterocycles. The van der Waals surface area contributed by atoms with E-state index in [0.717, 1.165) is 18.4 Å². The van der Waals surface area contributed by atoms with E-state index < -0.39 is 21.5 Å². The van der Waals surface area contributed by atoms with E-state index in [1.165, 1.54) is 22.5 Å². The number of halogens is 1. The Morgan fingerprint density at radius 2 is 1.94 bits per heavy atom. The number of rotatable bonds is 6. The van der Waals surface area contributed by atoms with Crippen LogP contribution in [0.25, 0.3) is 10.9 Å². The highest BCUT2D eigenvalue weighted by atomic mass is 35.5. The summed E-state index contributed by atoms with van der Waals surface area (Å²) in [6.45, 7) is 3.36. The Kier molecular flexibility index (Phi) is 6.88. The van der Waals surface area contributed by atoms with Crippen LogP contribution in [0.5, 0.6) is 0 Å². The van der Waals surface area contributed by atoms with E-state index in [0.29, 0.717) is 47.9 Å². The number of carbonyl (C=O) groups excluding carboxylic acids is 1. The normalized spacial score (nSPS) is 17.2. The maximum atomic E-state index is 13.2. The first kappa shape index (κ1) is 23.5. The molecule has 1 aromatic heterocycles. The Labute approximate surface area is 197 Å². The highest BCUT2D eigenvalue weighted by Gasteiger charge is 2.29. The van der Waals surface area contributed by atoms with Gasteiger partial charge in [0, 0.05) is 41.6 Å². The molecule has 1 fully saturated rings. The standard InChI is InChI=1S/C24H26ClN3O4S/c1-16-3-2-12-28(15-16)33(31,32)19-8-9-22-20(13-19)21(14-23(29)27-22)24(30)26-11-10-17-4-6-18(25)7-5-17/h4-9,13-14,16H,2-3,10-12,15H2,1H3,(H,26,30)(H,27,29)/t16-/m0/s1. The van der Waals surface area contributed by atoms with E-state index in [2.05, 4.69) is 10.3 Å². The van der Waals surface area contributed by atoms with E-state index in [1.54, 1.807) is 18.2 Å². The summed E-state index contributed by atoms with van der Waals surface area (Å²) in [5.41, 5.74) is 1.15. The predicted molar refractivity (Wildman–Crippen MR) is 129 cm³/mol. The van der Waals surface area contributed by atoms with Gasteiger partial charge in [0.15, 0.2) is 0 Å². The van der Waals surface area contributed by atoms with Crippen molar-refractivity contribution in [1.29, 1.82) is 0 Å². The van der Waals surface area contributed by atoms with Crippen molar-refractivity contribution in [3.63, 3.8) is 0 Å². The molecule has 2 aromatic carbocycles. The van der Waals surface area contributed by atoms with E-state index in [4.69, 9.17) is 11.6 Å². The lowest BCUT2D eigenvalue weighted by Gasteiger charge is -2.30. The second-order valence-corrected chi connectivity index (χ2v) is 10.9. The second-order valence-electron chi connectivity index (χ2n) is 8.50. The number of pyridine rings is 1. The average Bonchev–Trinajstić information content (AvgIpc) is 2.79. The van der Waals surface area contributed by atoms with E-state index in [9.17, 15) is 18.0 Å². The molecule has 3 aromatic rings. The van der Waals surface area contributed by atoms with Crippen LogP contribution in [0.2, 0.25) is 5.02 Å². The first-order chi connectivity index (χ1) is 15.7. The van der Waals surface area contributed by atoms with Gasteiger partial charge >= 0.3 is 0 Å². The van der Waals surface area contributed by atoms with Crippen LogP contribution in [0.1, 0.15) is 35.7 Å². The summed E-state index contributed by atoms with van der Waals surface area (Å²) < 4.78 is 27.9. The predicted octanol–water partition coefficient (Wildman–Crippen LogP) is 3.57. The Morgan fingerprint density at radius 1 is 1.18 bits per heavy atom. The smallest absolute Gasteiger partial charge is 0.252 e. The third-order valence-corrected chi connectivity index (χ3v) is 8.04. The number of benzene rings is 2. The van der Waals surface area contributed by atoms with Crippen molar-refractivity contribution < 1.29 is 13.2 Å². The number of H-pyrrole nitrogens is 1. The molecular weight excluding hydrogens is 462 g/mol. The monoisotopic (exact) mass is 487 g/mol. The minimum Gasteiger partial charge on any atom is -0.352 e. The summed E-state index contributed by atoms with van der Waals surface area (Å²) >= 11 is 5.90. The summed E-state index contributed by atoms with van der Waals surface area (Å²) in [4.78, 5) is 27.8. The van der Waals surface area contributed by atoms with E-state index in [-0.39, 0.29) is 10.5 Å².